The van der Waals surface area contributed by atoms with Gasteiger partial charge in [-0.05, 0) is 24.1 Å². The fourth-order valence-corrected chi connectivity index (χ4v) is 6.17. The molecule has 1 N–H and O–H groups in total. The molecule has 2 aromatic heterocycles. The van der Waals surface area contributed by atoms with Gasteiger partial charge < -0.3 is 10.1 Å². The Bertz CT molecular complexity index is 1140. The van der Waals surface area contributed by atoms with Crippen LogP contribution in [0.25, 0.3) is 10.2 Å². The molecule has 0 radical (unpaired) electrons. The van der Waals surface area contributed by atoms with Crippen molar-refractivity contribution in [2.75, 3.05) is 26.3 Å². The van der Waals surface area contributed by atoms with Gasteiger partial charge in [0, 0.05) is 32.1 Å². The van der Waals surface area contributed by atoms with Gasteiger partial charge in [-0.3, -0.25) is 9.48 Å². The zero-order chi connectivity index (χ0) is 21.3. The molecule has 0 spiro atoms. The monoisotopic (exact) mass is 448 g/mol. The Balaban J connectivity index is 1.47. The summed E-state index contributed by atoms with van der Waals surface area (Å²) in [6.07, 6.45) is 0. The summed E-state index contributed by atoms with van der Waals surface area (Å²) in [7, 11) is -1.58. The van der Waals surface area contributed by atoms with E-state index in [1.807, 2.05) is 38.2 Å². The third-order valence-corrected chi connectivity index (χ3v) is 8.21. The Kier molecular flexibility index (Phi) is 5.92. The highest BCUT2D eigenvalue weighted by atomic mass is 32.2. The minimum absolute atomic E-state index is 0.0905. The average Bonchev–Trinajstić information content (AvgIpc) is 3.29. The maximum Gasteiger partial charge on any atom is 0.261 e. The number of aromatic nitrogens is 2. The smallest absolute Gasteiger partial charge is 0.261 e. The summed E-state index contributed by atoms with van der Waals surface area (Å²) < 4.78 is 34.0. The van der Waals surface area contributed by atoms with Gasteiger partial charge in [0.1, 0.15) is 4.83 Å². The van der Waals surface area contributed by atoms with Gasteiger partial charge in [-0.25, -0.2) is 8.42 Å². The number of thiophene rings is 1. The first-order valence-electron chi connectivity index (χ1n) is 9.69. The van der Waals surface area contributed by atoms with E-state index in [9.17, 15) is 13.2 Å². The Morgan fingerprint density at radius 3 is 2.63 bits per heavy atom. The molecule has 1 aliphatic heterocycles. The van der Waals surface area contributed by atoms with Gasteiger partial charge in [-0.1, -0.05) is 24.3 Å². The molecule has 3 heterocycles. The lowest BCUT2D eigenvalue weighted by atomic mass is 10.1. The predicted octanol–water partition coefficient (Wildman–Crippen LogP) is 2.04. The van der Waals surface area contributed by atoms with E-state index in [1.54, 1.807) is 10.7 Å². The summed E-state index contributed by atoms with van der Waals surface area (Å²) in [5.41, 5.74) is 2.38. The number of rotatable bonds is 6. The molecule has 3 aromatic rings. The molecule has 160 valence electrons. The van der Waals surface area contributed by atoms with Crippen molar-refractivity contribution in [2.24, 2.45) is 7.05 Å². The second-order valence-corrected chi connectivity index (χ2v) is 10.3. The van der Waals surface area contributed by atoms with Gasteiger partial charge in [-0.2, -0.15) is 9.40 Å². The average molecular weight is 449 g/mol. The number of morpholine rings is 1. The second-order valence-electron chi connectivity index (χ2n) is 7.26. The normalized spacial score (nSPS) is 15.5. The predicted molar refractivity (Wildman–Crippen MR) is 116 cm³/mol. The molecule has 10 heteroatoms. The van der Waals surface area contributed by atoms with E-state index in [-0.39, 0.29) is 18.2 Å². The van der Waals surface area contributed by atoms with Crippen LogP contribution in [0.15, 0.2) is 30.3 Å². The Hall–Kier alpha value is -2.27. The van der Waals surface area contributed by atoms with Crippen LogP contribution in [0.4, 0.5) is 0 Å². The molecule has 4 rings (SSSR count). The highest BCUT2D eigenvalue weighted by molar-refractivity contribution is 7.88. The summed E-state index contributed by atoms with van der Waals surface area (Å²) in [5.74, 6) is -0.270. The number of aryl methyl sites for hydroxylation is 2. The standard InChI is InChI=1S/C20H24N4O4S2/c1-14-17-11-18(29-20(17)23(2)22-14)19(25)21-12-15-5-3-4-6-16(15)13-30(26,27)24-7-9-28-10-8-24/h3-6,11H,7-10,12-13H2,1-2H3,(H,21,25). The van der Waals surface area contributed by atoms with Crippen molar-refractivity contribution in [3.8, 4) is 0 Å². The molecular formula is C20H24N4O4S2. The van der Waals surface area contributed by atoms with Crippen LogP contribution < -0.4 is 5.32 Å². The number of ether oxygens (including phenoxy) is 1. The Labute approximate surface area is 179 Å². The quantitative estimate of drug-likeness (QED) is 0.623. The van der Waals surface area contributed by atoms with Crippen LogP contribution >= 0.6 is 11.3 Å². The van der Waals surface area contributed by atoms with Gasteiger partial charge in [0.05, 0.1) is 29.5 Å². The number of amides is 1. The van der Waals surface area contributed by atoms with E-state index >= 15 is 0 Å². The fraction of sp³-hybridized carbons (Fsp3) is 0.400. The minimum atomic E-state index is -3.44. The maximum absolute atomic E-state index is 12.8. The van der Waals surface area contributed by atoms with Crippen LogP contribution in [0, 0.1) is 6.92 Å². The van der Waals surface area contributed by atoms with Crippen molar-refractivity contribution < 1.29 is 17.9 Å². The number of carbonyl (C=O) groups is 1. The van der Waals surface area contributed by atoms with Crippen molar-refractivity contribution >= 4 is 37.5 Å². The zero-order valence-electron chi connectivity index (χ0n) is 16.9. The van der Waals surface area contributed by atoms with E-state index < -0.39 is 10.0 Å². The van der Waals surface area contributed by atoms with Crippen molar-refractivity contribution in [2.45, 2.75) is 19.2 Å². The summed E-state index contributed by atoms with van der Waals surface area (Å²) in [5, 5.41) is 8.26. The van der Waals surface area contributed by atoms with E-state index in [0.717, 1.165) is 21.5 Å². The molecule has 1 fully saturated rings. The van der Waals surface area contributed by atoms with Gasteiger partial charge in [-0.15, -0.1) is 11.3 Å². The fourth-order valence-electron chi connectivity index (χ4n) is 3.56. The topological polar surface area (TPSA) is 93.5 Å². The maximum atomic E-state index is 12.8. The molecular weight excluding hydrogens is 424 g/mol. The zero-order valence-corrected chi connectivity index (χ0v) is 18.6. The van der Waals surface area contributed by atoms with Crippen molar-refractivity contribution in [3.63, 3.8) is 0 Å². The van der Waals surface area contributed by atoms with Crippen LogP contribution in [-0.4, -0.2) is 54.7 Å². The van der Waals surface area contributed by atoms with Gasteiger partial charge in [0.15, 0.2) is 0 Å². The number of nitrogens with one attached hydrogen (secondary N) is 1. The highest BCUT2D eigenvalue weighted by Crippen LogP contribution is 2.27. The van der Waals surface area contributed by atoms with Crippen LogP contribution in [0.3, 0.4) is 0 Å². The van der Waals surface area contributed by atoms with Gasteiger partial charge >= 0.3 is 0 Å². The van der Waals surface area contributed by atoms with Crippen molar-refractivity contribution in [3.05, 3.63) is 52.0 Å². The molecule has 0 bridgehead atoms. The number of sulfonamides is 1. The molecule has 30 heavy (non-hydrogen) atoms. The number of hydrogen-bond acceptors (Lipinski definition) is 6. The third kappa shape index (κ3) is 4.27. The molecule has 0 unspecified atom stereocenters. The first-order valence-corrected chi connectivity index (χ1v) is 12.1. The van der Waals surface area contributed by atoms with Gasteiger partial charge in [0.25, 0.3) is 5.91 Å². The second kappa shape index (κ2) is 8.46. The number of fused-ring (bicyclic) bond motifs is 1. The number of nitrogens with zero attached hydrogens (tertiary/aromatic N) is 3. The molecule has 8 nitrogen and oxygen atoms in total. The highest BCUT2D eigenvalue weighted by Gasteiger charge is 2.25. The molecule has 0 saturated carbocycles. The molecule has 1 amide bonds. The SMILES string of the molecule is Cc1nn(C)c2sc(C(=O)NCc3ccccc3CS(=O)(=O)N3CCOCC3)cc12. The lowest BCUT2D eigenvalue weighted by molar-refractivity contribution is 0.0729. The molecule has 1 aliphatic rings. The van der Waals surface area contributed by atoms with Crippen LogP contribution in [0.5, 0.6) is 0 Å². The summed E-state index contributed by atoms with van der Waals surface area (Å²) in [6, 6.07) is 9.17. The molecule has 1 aromatic carbocycles. The van der Waals surface area contributed by atoms with Gasteiger partial charge in [0.2, 0.25) is 10.0 Å². The minimum Gasteiger partial charge on any atom is -0.379 e. The molecule has 0 aliphatic carbocycles. The number of benzene rings is 1. The van der Waals surface area contributed by atoms with Crippen LogP contribution in [-0.2, 0) is 34.1 Å². The van der Waals surface area contributed by atoms with E-state index in [1.165, 1.54) is 15.6 Å². The number of carbonyl (C=O) groups excluding carboxylic acids is 1. The third-order valence-electron chi connectivity index (χ3n) is 5.18. The van der Waals surface area contributed by atoms with Crippen molar-refractivity contribution in [1.29, 1.82) is 0 Å². The van der Waals surface area contributed by atoms with E-state index in [0.29, 0.717) is 36.7 Å². The van der Waals surface area contributed by atoms with Crippen LogP contribution in [0.2, 0.25) is 0 Å². The van der Waals surface area contributed by atoms with E-state index in [2.05, 4.69) is 10.4 Å². The lowest BCUT2D eigenvalue weighted by Gasteiger charge is -2.26. The molecule has 1 saturated heterocycles. The first kappa shape index (κ1) is 21.0. The lowest BCUT2D eigenvalue weighted by Crippen LogP contribution is -2.41. The summed E-state index contributed by atoms with van der Waals surface area (Å²) in [6.45, 7) is 3.77. The summed E-state index contributed by atoms with van der Waals surface area (Å²) >= 11 is 1.39. The largest absolute Gasteiger partial charge is 0.379 e. The first-order chi connectivity index (χ1) is 14.3. The number of hydrogen-bond donors (Lipinski definition) is 1. The Morgan fingerprint density at radius 2 is 1.93 bits per heavy atom. The summed E-state index contributed by atoms with van der Waals surface area (Å²) in [4.78, 5) is 14.2. The van der Waals surface area contributed by atoms with Crippen LogP contribution in [0.1, 0.15) is 26.5 Å². The molecule has 0 atom stereocenters. The Morgan fingerprint density at radius 1 is 1.23 bits per heavy atom. The van der Waals surface area contributed by atoms with E-state index in [4.69, 9.17) is 4.74 Å². The van der Waals surface area contributed by atoms with Crippen molar-refractivity contribution in [1.82, 2.24) is 19.4 Å².